The Balaban J connectivity index is 1.46. The lowest BCUT2D eigenvalue weighted by Crippen LogP contribution is -2.50. The largest absolute Gasteiger partial charge is 0.322 e. The van der Waals surface area contributed by atoms with Gasteiger partial charge in [-0.3, -0.25) is 4.90 Å². The second-order valence-electron chi connectivity index (χ2n) is 5.53. The fourth-order valence-corrected chi connectivity index (χ4v) is 2.52. The van der Waals surface area contributed by atoms with E-state index in [1.807, 2.05) is 35.2 Å². The highest BCUT2D eigenvalue weighted by molar-refractivity contribution is 5.89. The van der Waals surface area contributed by atoms with Crippen LogP contribution in [0.2, 0.25) is 0 Å². The summed E-state index contributed by atoms with van der Waals surface area (Å²) in [7, 11) is 0. The van der Waals surface area contributed by atoms with Gasteiger partial charge in [0, 0.05) is 38.4 Å². The number of anilines is 1. The van der Waals surface area contributed by atoms with Crippen LogP contribution in [0.3, 0.4) is 0 Å². The van der Waals surface area contributed by atoms with Crippen molar-refractivity contribution in [1.82, 2.24) is 9.80 Å². The molecule has 102 valence electrons. The van der Waals surface area contributed by atoms with Crippen molar-refractivity contribution in [3.05, 3.63) is 30.3 Å². The molecule has 3 rings (SSSR count). The summed E-state index contributed by atoms with van der Waals surface area (Å²) >= 11 is 0. The minimum Gasteiger partial charge on any atom is -0.322 e. The molecule has 1 saturated heterocycles. The van der Waals surface area contributed by atoms with E-state index in [1.165, 1.54) is 19.4 Å². The van der Waals surface area contributed by atoms with Crippen LogP contribution in [0, 0.1) is 5.92 Å². The van der Waals surface area contributed by atoms with Gasteiger partial charge in [0.2, 0.25) is 0 Å². The first-order valence-electron chi connectivity index (χ1n) is 7.14. The Hall–Kier alpha value is -1.55. The highest BCUT2D eigenvalue weighted by Gasteiger charge is 2.27. The van der Waals surface area contributed by atoms with Gasteiger partial charge >= 0.3 is 6.03 Å². The minimum absolute atomic E-state index is 0.0253. The third-order valence-corrected chi connectivity index (χ3v) is 3.90. The number of benzene rings is 1. The summed E-state index contributed by atoms with van der Waals surface area (Å²) in [4.78, 5) is 16.5. The van der Waals surface area contributed by atoms with Gasteiger partial charge in [-0.15, -0.1) is 0 Å². The molecule has 1 aromatic rings. The average molecular weight is 259 g/mol. The number of nitrogens with zero attached hydrogens (tertiary/aromatic N) is 2. The van der Waals surface area contributed by atoms with Crippen molar-refractivity contribution in [3.8, 4) is 0 Å². The molecule has 2 fully saturated rings. The van der Waals surface area contributed by atoms with Crippen LogP contribution in [0.15, 0.2) is 30.3 Å². The van der Waals surface area contributed by atoms with Crippen LogP contribution < -0.4 is 5.32 Å². The number of hydrogen-bond acceptors (Lipinski definition) is 2. The average Bonchev–Trinajstić information content (AvgIpc) is 3.25. The summed E-state index contributed by atoms with van der Waals surface area (Å²) in [5.74, 6) is 0.935. The van der Waals surface area contributed by atoms with Gasteiger partial charge in [0.05, 0.1) is 0 Å². The predicted octanol–water partition coefficient (Wildman–Crippen LogP) is 2.25. The number of para-hydroxylation sites is 1. The Labute approximate surface area is 114 Å². The van der Waals surface area contributed by atoms with E-state index in [1.54, 1.807) is 0 Å². The van der Waals surface area contributed by atoms with E-state index in [9.17, 15) is 4.79 Å². The van der Waals surface area contributed by atoms with E-state index in [0.29, 0.717) is 0 Å². The predicted molar refractivity (Wildman–Crippen MR) is 76.2 cm³/mol. The Morgan fingerprint density at radius 3 is 2.42 bits per heavy atom. The standard InChI is InChI=1S/C15H21N3O/c19-15(16-14-4-2-1-3-5-14)18-10-8-17(9-11-18)12-13-6-7-13/h1-5,13H,6-12H2,(H,16,19). The van der Waals surface area contributed by atoms with Crippen molar-refractivity contribution in [2.75, 3.05) is 38.0 Å². The Kier molecular flexibility index (Phi) is 3.69. The molecule has 4 nitrogen and oxygen atoms in total. The van der Waals surface area contributed by atoms with E-state index >= 15 is 0 Å². The van der Waals surface area contributed by atoms with Crippen LogP contribution in [0.4, 0.5) is 10.5 Å². The molecular weight excluding hydrogens is 238 g/mol. The number of hydrogen-bond donors (Lipinski definition) is 1. The summed E-state index contributed by atoms with van der Waals surface area (Å²) < 4.78 is 0. The molecule has 1 heterocycles. The molecule has 0 atom stereocenters. The van der Waals surface area contributed by atoms with E-state index in [-0.39, 0.29) is 6.03 Å². The normalized spacial score (nSPS) is 20.3. The van der Waals surface area contributed by atoms with Gasteiger partial charge in [0.1, 0.15) is 0 Å². The SMILES string of the molecule is O=C(Nc1ccccc1)N1CCN(CC2CC2)CC1. The maximum Gasteiger partial charge on any atom is 0.321 e. The molecule has 2 aliphatic rings. The van der Waals surface area contributed by atoms with Gasteiger partial charge in [-0.2, -0.15) is 0 Å². The van der Waals surface area contributed by atoms with E-state index < -0.39 is 0 Å². The number of carbonyl (C=O) groups is 1. The van der Waals surface area contributed by atoms with Crippen LogP contribution >= 0.6 is 0 Å². The number of amides is 2. The molecule has 19 heavy (non-hydrogen) atoms. The lowest BCUT2D eigenvalue weighted by atomic mass is 10.3. The zero-order valence-corrected chi connectivity index (χ0v) is 11.2. The van der Waals surface area contributed by atoms with E-state index in [2.05, 4.69) is 10.2 Å². The molecule has 0 radical (unpaired) electrons. The zero-order valence-electron chi connectivity index (χ0n) is 11.2. The van der Waals surface area contributed by atoms with Gasteiger partial charge in [-0.25, -0.2) is 4.79 Å². The number of piperazine rings is 1. The first-order valence-corrected chi connectivity index (χ1v) is 7.14. The molecule has 1 N–H and O–H groups in total. The summed E-state index contributed by atoms with van der Waals surface area (Å²) in [6.45, 7) is 4.93. The van der Waals surface area contributed by atoms with Gasteiger partial charge in [-0.1, -0.05) is 18.2 Å². The van der Waals surface area contributed by atoms with Crippen molar-refractivity contribution in [1.29, 1.82) is 0 Å². The summed E-state index contributed by atoms with van der Waals surface area (Å²) in [6, 6.07) is 9.68. The van der Waals surface area contributed by atoms with E-state index in [4.69, 9.17) is 0 Å². The van der Waals surface area contributed by atoms with Crippen molar-refractivity contribution >= 4 is 11.7 Å². The maximum absolute atomic E-state index is 12.1. The topological polar surface area (TPSA) is 35.6 Å². The fourth-order valence-electron chi connectivity index (χ4n) is 2.52. The molecule has 0 spiro atoms. The molecule has 0 unspecified atom stereocenters. The molecule has 0 aromatic heterocycles. The zero-order chi connectivity index (χ0) is 13.1. The lowest BCUT2D eigenvalue weighted by Gasteiger charge is -2.34. The van der Waals surface area contributed by atoms with Crippen LogP contribution in [-0.4, -0.2) is 48.6 Å². The van der Waals surface area contributed by atoms with Gasteiger partial charge in [-0.05, 0) is 30.9 Å². The summed E-state index contributed by atoms with van der Waals surface area (Å²) in [6.07, 6.45) is 2.80. The first-order chi connectivity index (χ1) is 9.31. The van der Waals surface area contributed by atoms with Crippen molar-refractivity contribution in [3.63, 3.8) is 0 Å². The van der Waals surface area contributed by atoms with Gasteiger partial charge < -0.3 is 10.2 Å². The highest BCUT2D eigenvalue weighted by atomic mass is 16.2. The van der Waals surface area contributed by atoms with E-state index in [0.717, 1.165) is 37.8 Å². The first kappa shape index (κ1) is 12.5. The third kappa shape index (κ3) is 3.47. The minimum atomic E-state index is 0.0253. The molecule has 1 aromatic carbocycles. The second kappa shape index (κ2) is 5.61. The number of carbonyl (C=O) groups excluding carboxylic acids is 1. The molecule has 1 aliphatic heterocycles. The maximum atomic E-state index is 12.1. The van der Waals surface area contributed by atoms with Crippen LogP contribution in [0.25, 0.3) is 0 Å². The smallest absolute Gasteiger partial charge is 0.321 e. The molecule has 0 bridgehead atoms. The summed E-state index contributed by atoms with van der Waals surface area (Å²) in [5, 5.41) is 2.95. The number of urea groups is 1. The third-order valence-electron chi connectivity index (χ3n) is 3.90. The monoisotopic (exact) mass is 259 g/mol. The molecular formula is C15H21N3O. The van der Waals surface area contributed by atoms with Crippen LogP contribution in [0.5, 0.6) is 0 Å². The van der Waals surface area contributed by atoms with Gasteiger partial charge in [0.25, 0.3) is 0 Å². The van der Waals surface area contributed by atoms with Crippen LogP contribution in [-0.2, 0) is 0 Å². The number of nitrogens with one attached hydrogen (secondary N) is 1. The molecule has 2 amide bonds. The Morgan fingerprint density at radius 1 is 1.11 bits per heavy atom. The van der Waals surface area contributed by atoms with Crippen LogP contribution in [0.1, 0.15) is 12.8 Å². The summed E-state index contributed by atoms with van der Waals surface area (Å²) in [5.41, 5.74) is 0.868. The van der Waals surface area contributed by atoms with Gasteiger partial charge in [0.15, 0.2) is 0 Å². The molecule has 1 aliphatic carbocycles. The second-order valence-corrected chi connectivity index (χ2v) is 5.53. The Morgan fingerprint density at radius 2 is 1.79 bits per heavy atom. The van der Waals surface area contributed by atoms with Crippen molar-refractivity contribution in [2.45, 2.75) is 12.8 Å². The lowest BCUT2D eigenvalue weighted by molar-refractivity contribution is 0.144. The quantitative estimate of drug-likeness (QED) is 0.903. The Bertz CT molecular complexity index is 422. The van der Waals surface area contributed by atoms with Crippen molar-refractivity contribution < 1.29 is 4.79 Å². The fraction of sp³-hybridized carbons (Fsp3) is 0.533. The molecule has 4 heteroatoms. The molecule has 1 saturated carbocycles. The van der Waals surface area contributed by atoms with Crippen molar-refractivity contribution in [2.24, 2.45) is 5.92 Å². The number of rotatable bonds is 3. The highest BCUT2D eigenvalue weighted by Crippen LogP contribution is 2.29.